The van der Waals surface area contributed by atoms with Crippen LogP contribution >= 0.6 is 11.6 Å². The van der Waals surface area contributed by atoms with E-state index in [1.807, 2.05) is 48.5 Å². The van der Waals surface area contributed by atoms with Crippen LogP contribution in [0.5, 0.6) is 5.75 Å². The molecule has 1 amide bonds. The van der Waals surface area contributed by atoms with Crippen molar-refractivity contribution in [1.29, 1.82) is 0 Å². The minimum Gasteiger partial charge on any atom is -0.496 e. The fourth-order valence-corrected chi connectivity index (χ4v) is 3.26. The minimum absolute atomic E-state index is 0.290. The smallest absolute Gasteiger partial charge is 0.289 e. The number of nitrogens with zero attached hydrogens (tertiary/aromatic N) is 2. The highest BCUT2D eigenvalue weighted by atomic mass is 35.5. The molecular formula is C22H17ClN4O2. The molecule has 144 valence electrons. The highest BCUT2D eigenvalue weighted by Crippen LogP contribution is 2.36. The maximum absolute atomic E-state index is 12.4. The van der Waals surface area contributed by atoms with Crippen LogP contribution in [0, 0.1) is 0 Å². The molecule has 6 nitrogen and oxygen atoms in total. The van der Waals surface area contributed by atoms with E-state index >= 15 is 0 Å². The average Bonchev–Trinajstić information content (AvgIpc) is 3.23. The van der Waals surface area contributed by atoms with Gasteiger partial charge in [-0.05, 0) is 40.6 Å². The van der Waals surface area contributed by atoms with Crippen molar-refractivity contribution in [2.75, 3.05) is 7.11 Å². The second-order valence-electron chi connectivity index (χ2n) is 6.28. The van der Waals surface area contributed by atoms with E-state index in [4.69, 9.17) is 16.3 Å². The topological polar surface area (TPSA) is 79.4 Å². The number of H-pyrrole nitrogens is 1. The van der Waals surface area contributed by atoms with E-state index < -0.39 is 5.91 Å². The van der Waals surface area contributed by atoms with Gasteiger partial charge in [0.1, 0.15) is 11.4 Å². The third-order valence-electron chi connectivity index (χ3n) is 4.42. The van der Waals surface area contributed by atoms with Gasteiger partial charge >= 0.3 is 0 Å². The number of amides is 1. The number of hydrazone groups is 1. The Morgan fingerprint density at radius 1 is 1.14 bits per heavy atom. The summed E-state index contributed by atoms with van der Waals surface area (Å²) >= 11 is 5.94. The summed E-state index contributed by atoms with van der Waals surface area (Å²) in [6.07, 6.45) is 1.52. The molecule has 29 heavy (non-hydrogen) atoms. The van der Waals surface area contributed by atoms with E-state index in [2.05, 4.69) is 20.7 Å². The summed E-state index contributed by atoms with van der Waals surface area (Å²) in [5.74, 6) is 0.280. The Bertz CT molecular complexity index is 1220. The second-order valence-corrected chi connectivity index (χ2v) is 6.72. The van der Waals surface area contributed by atoms with E-state index in [-0.39, 0.29) is 0 Å². The molecule has 4 aromatic rings. The number of aromatic nitrogens is 2. The van der Waals surface area contributed by atoms with Gasteiger partial charge in [0.15, 0.2) is 0 Å². The fraction of sp³-hybridized carbons (Fsp3) is 0.0455. The van der Waals surface area contributed by atoms with Crippen molar-refractivity contribution in [3.05, 3.63) is 83.0 Å². The SMILES string of the molecule is COc1ccc2ccccc2c1-c1cc(C(=O)N/N=C\c2cccc(Cl)c2)[nH]n1. The van der Waals surface area contributed by atoms with Gasteiger partial charge in [-0.1, -0.05) is 54.1 Å². The summed E-state index contributed by atoms with van der Waals surface area (Å²) in [7, 11) is 1.61. The molecular weight excluding hydrogens is 388 g/mol. The van der Waals surface area contributed by atoms with Gasteiger partial charge in [-0.2, -0.15) is 10.2 Å². The highest BCUT2D eigenvalue weighted by Gasteiger charge is 2.16. The number of aromatic amines is 1. The molecule has 0 spiro atoms. The number of nitrogens with one attached hydrogen (secondary N) is 2. The van der Waals surface area contributed by atoms with Gasteiger partial charge in [-0.25, -0.2) is 5.43 Å². The molecule has 0 atom stereocenters. The van der Waals surface area contributed by atoms with Crippen molar-refractivity contribution in [1.82, 2.24) is 15.6 Å². The molecule has 1 aromatic heterocycles. The van der Waals surface area contributed by atoms with Crippen LogP contribution in [-0.4, -0.2) is 29.4 Å². The second kappa shape index (κ2) is 8.16. The monoisotopic (exact) mass is 404 g/mol. The van der Waals surface area contributed by atoms with Crippen LogP contribution in [0.15, 0.2) is 71.8 Å². The first-order chi connectivity index (χ1) is 14.2. The molecule has 0 aliphatic heterocycles. The maximum atomic E-state index is 12.4. The van der Waals surface area contributed by atoms with Crippen LogP contribution < -0.4 is 10.2 Å². The lowest BCUT2D eigenvalue weighted by Gasteiger charge is -2.09. The van der Waals surface area contributed by atoms with Gasteiger partial charge in [0.25, 0.3) is 5.91 Å². The number of carbonyl (C=O) groups excluding carboxylic acids is 1. The molecule has 0 radical (unpaired) electrons. The van der Waals surface area contributed by atoms with E-state index in [0.717, 1.165) is 21.9 Å². The summed E-state index contributed by atoms with van der Waals surface area (Å²) in [6.45, 7) is 0. The Balaban J connectivity index is 1.59. The maximum Gasteiger partial charge on any atom is 0.289 e. The van der Waals surface area contributed by atoms with Crippen LogP contribution in [0.1, 0.15) is 16.1 Å². The zero-order valence-corrected chi connectivity index (χ0v) is 16.3. The number of benzene rings is 3. The van der Waals surface area contributed by atoms with Crippen molar-refractivity contribution >= 4 is 34.5 Å². The van der Waals surface area contributed by atoms with Gasteiger partial charge in [0.2, 0.25) is 0 Å². The molecule has 0 saturated heterocycles. The third-order valence-corrected chi connectivity index (χ3v) is 4.65. The summed E-state index contributed by atoms with van der Waals surface area (Å²) in [5, 5.41) is 13.7. The lowest BCUT2D eigenvalue weighted by molar-refractivity contribution is 0.0950. The molecule has 0 saturated carbocycles. The Morgan fingerprint density at radius 3 is 2.83 bits per heavy atom. The Morgan fingerprint density at radius 2 is 2.00 bits per heavy atom. The predicted molar refractivity (Wildman–Crippen MR) is 115 cm³/mol. The van der Waals surface area contributed by atoms with Crippen molar-refractivity contribution in [2.24, 2.45) is 5.10 Å². The van der Waals surface area contributed by atoms with Gasteiger partial charge in [-0.3, -0.25) is 9.89 Å². The lowest BCUT2D eigenvalue weighted by atomic mass is 10.0. The van der Waals surface area contributed by atoms with Crippen molar-refractivity contribution in [3.8, 4) is 17.0 Å². The number of methoxy groups -OCH3 is 1. The summed E-state index contributed by atoms with van der Waals surface area (Å²) in [4.78, 5) is 12.4. The first-order valence-electron chi connectivity index (χ1n) is 8.86. The Labute approximate surface area is 172 Å². The molecule has 0 aliphatic carbocycles. The normalized spacial score (nSPS) is 11.1. The van der Waals surface area contributed by atoms with Crippen LogP contribution in [0.4, 0.5) is 0 Å². The molecule has 0 bridgehead atoms. The van der Waals surface area contributed by atoms with Gasteiger partial charge in [0, 0.05) is 5.02 Å². The number of ether oxygens (including phenoxy) is 1. The minimum atomic E-state index is -0.402. The fourth-order valence-electron chi connectivity index (χ4n) is 3.06. The van der Waals surface area contributed by atoms with Gasteiger partial charge < -0.3 is 4.74 Å². The molecule has 4 rings (SSSR count). The van der Waals surface area contributed by atoms with Gasteiger partial charge in [-0.15, -0.1) is 0 Å². The molecule has 1 heterocycles. The predicted octanol–water partition coefficient (Wildman–Crippen LogP) is 4.66. The Hall–Kier alpha value is -3.64. The van der Waals surface area contributed by atoms with E-state index in [0.29, 0.717) is 22.2 Å². The van der Waals surface area contributed by atoms with Crippen LogP contribution in [0.2, 0.25) is 5.02 Å². The number of halogens is 1. The summed E-state index contributed by atoms with van der Waals surface area (Å²) < 4.78 is 5.51. The number of hydrogen-bond acceptors (Lipinski definition) is 4. The standard InChI is InChI=1S/C22H17ClN4O2/c1-29-20-10-9-15-6-2-3-8-17(15)21(20)18-12-19(26-25-18)22(28)27-24-13-14-5-4-7-16(23)11-14/h2-13H,1H3,(H,25,26)(H,27,28)/b24-13-. The van der Waals surface area contributed by atoms with Crippen LogP contribution in [0.25, 0.3) is 22.0 Å². The Kier molecular flexibility index (Phi) is 5.27. The third kappa shape index (κ3) is 3.97. The number of fused-ring (bicyclic) bond motifs is 1. The molecule has 3 aromatic carbocycles. The van der Waals surface area contributed by atoms with Gasteiger partial charge in [0.05, 0.1) is 24.6 Å². The quantitative estimate of drug-likeness (QED) is 0.375. The highest BCUT2D eigenvalue weighted by molar-refractivity contribution is 6.30. The molecule has 2 N–H and O–H groups in total. The van der Waals surface area contributed by atoms with E-state index in [1.165, 1.54) is 6.21 Å². The van der Waals surface area contributed by atoms with Crippen molar-refractivity contribution < 1.29 is 9.53 Å². The lowest BCUT2D eigenvalue weighted by Crippen LogP contribution is -2.17. The summed E-state index contributed by atoms with van der Waals surface area (Å²) in [5.41, 5.74) is 4.99. The average molecular weight is 405 g/mol. The molecule has 0 unspecified atom stereocenters. The zero-order valence-electron chi connectivity index (χ0n) is 15.5. The van der Waals surface area contributed by atoms with Crippen molar-refractivity contribution in [2.45, 2.75) is 0 Å². The number of rotatable bonds is 5. The first kappa shape index (κ1) is 18.7. The number of hydrogen-bond donors (Lipinski definition) is 2. The van der Waals surface area contributed by atoms with Crippen LogP contribution in [0.3, 0.4) is 0 Å². The van der Waals surface area contributed by atoms with E-state index in [1.54, 1.807) is 25.3 Å². The van der Waals surface area contributed by atoms with E-state index in [9.17, 15) is 4.79 Å². The zero-order chi connectivity index (χ0) is 20.2. The summed E-state index contributed by atoms with van der Waals surface area (Å²) in [6, 6.07) is 20.7. The first-order valence-corrected chi connectivity index (χ1v) is 9.24. The molecule has 0 aliphatic rings. The van der Waals surface area contributed by atoms with Crippen LogP contribution in [-0.2, 0) is 0 Å². The largest absolute Gasteiger partial charge is 0.496 e. The van der Waals surface area contributed by atoms with Crippen molar-refractivity contribution in [3.63, 3.8) is 0 Å². The molecule has 7 heteroatoms. The number of carbonyl (C=O) groups is 1. The molecule has 0 fully saturated rings.